The molecule has 1 rings (SSSR count). The smallest absolute Gasteiger partial charge is 0.306 e. The van der Waals surface area contributed by atoms with Crippen LogP contribution in [0.3, 0.4) is 0 Å². The fraction of sp³-hybridized carbons (Fsp3) is 0.818. The zero-order valence-electron chi connectivity index (χ0n) is 8.88. The Kier molecular flexibility index (Phi) is 3.29. The Hall–Kier alpha value is -0.860. The second-order valence-corrected chi connectivity index (χ2v) is 4.63. The van der Waals surface area contributed by atoms with Crippen LogP contribution in [0.15, 0.2) is 0 Å². The Bertz CT molecular complexity index is 247. The normalized spacial score (nSPS) is 30.0. The Morgan fingerprint density at radius 3 is 2.71 bits per heavy atom. The highest BCUT2D eigenvalue weighted by molar-refractivity contribution is 5.85. The van der Waals surface area contributed by atoms with Gasteiger partial charge in [-0.2, -0.15) is 0 Å². The number of rotatable bonds is 3. The molecule has 0 aromatic heterocycles. The molecule has 1 aliphatic carbocycles. The van der Waals surface area contributed by atoms with E-state index in [1.165, 1.54) is 0 Å². The molecule has 0 radical (unpaired) electrons. The summed E-state index contributed by atoms with van der Waals surface area (Å²) < 4.78 is 0. The standard InChI is InChI=1S/C11H18O3/c1-8(10(13)14)7-11(2)6-4-3-5-9(11)12/h8H,3-7H2,1-2H3,(H,13,14). The summed E-state index contributed by atoms with van der Waals surface area (Å²) in [6.07, 6.45) is 3.98. The van der Waals surface area contributed by atoms with E-state index in [1.807, 2.05) is 6.92 Å². The largest absolute Gasteiger partial charge is 0.481 e. The van der Waals surface area contributed by atoms with Crippen molar-refractivity contribution in [3.8, 4) is 0 Å². The molecule has 1 aliphatic rings. The maximum atomic E-state index is 11.7. The molecule has 1 fully saturated rings. The Labute approximate surface area is 84.5 Å². The molecule has 3 nitrogen and oxygen atoms in total. The van der Waals surface area contributed by atoms with Crippen LogP contribution in [0.25, 0.3) is 0 Å². The molecule has 80 valence electrons. The van der Waals surface area contributed by atoms with E-state index in [1.54, 1.807) is 6.92 Å². The monoisotopic (exact) mass is 198 g/mol. The highest BCUT2D eigenvalue weighted by Crippen LogP contribution is 2.38. The minimum absolute atomic E-state index is 0.247. The van der Waals surface area contributed by atoms with Crippen molar-refractivity contribution in [2.75, 3.05) is 0 Å². The van der Waals surface area contributed by atoms with E-state index >= 15 is 0 Å². The topological polar surface area (TPSA) is 54.4 Å². The molecule has 2 atom stereocenters. The summed E-state index contributed by atoms with van der Waals surface area (Å²) in [6, 6.07) is 0. The van der Waals surface area contributed by atoms with Crippen molar-refractivity contribution >= 4 is 11.8 Å². The second-order valence-electron chi connectivity index (χ2n) is 4.63. The molecular weight excluding hydrogens is 180 g/mol. The third-order valence-corrected chi connectivity index (χ3v) is 3.23. The Morgan fingerprint density at radius 2 is 2.21 bits per heavy atom. The molecule has 3 heteroatoms. The summed E-state index contributed by atoms with van der Waals surface area (Å²) in [5.74, 6) is -0.969. The number of aliphatic carboxylic acids is 1. The van der Waals surface area contributed by atoms with Gasteiger partial charge in [-0.15, -0.1) is 0 Å². The number of carboxylic acids is 1. The number of hydrogen-bond acceptors (Lipinski definition) is 2. The first-order chi connectivity index (χ1) is 6.46. The van der Waals surface area contributed by atoms with E-state index in [2.05, 4.69) is 0 Å². The first-order valence-electron chi connectivity index (χ1n) is 5.22. The van der Waals surface area contributed by atoms with Crippen LogP contribution in [0.5, 0.6) is 0 Å². The van der Waals surface area contributed by atoms with Gasteiger partial charge in [0.15, 0.2) is 0 Å². The van der Waals surface area contributed by atoms with Gasteiger partial charge in [0, 0.05) is 11.8 Å². The maximum Gasteiger partial charge on any atom is 0.306 e. The second kappa shape index (κ2) is 4.11. The molecule has 0 aromatic rings. The van der Waals surface area contributed by atoms with Crippen molar-refractivity contribution in [3.63, 3.8) is 0 Å². The lowest BCUT2D eigenvalue weighted by Gasteiger charge is -2.33. The van der Waals surface area contributed by atoms with E-state index in [-0.39, 0.29) is 11.2 Å². The van der Waals surface area contributed by atoms with Crippen LogP contribution in [-0.4, -0.2) is 16.9 Å². The maximum absolute atomic E-state index is 11.7. The van der Waals surface area contributed by atoms with Crippen LogP contribution in [0, 0.1) is 11.3 Å². The molecule has 1 N–H and O–H groups in total. The van der Waals surface area contributed by atoms with Crippen molar-refractivity contribution in [3.05, 3.63) is 0 Å². The molecule has 1 saturated carbocycles. The van der Waals surface area contributed by atoms with E-state index in [0.717, 1.165) is 19.3 Å². The van der Waals surface area contributed by atoms with Crippen LogP contribution in [0.4, 0.5) is 0 Å². The molecule has 0 aliphatic heterocycles. The molecule has 0 heterocycles. The zero-order chi connectivity index (χ0) is 10.8. The van der Waals surface area contributed by atoms with Gasteiger partial charge < -0.3 is 5.11 Å². The van der Waals surface area contributed by atoms with E-state index in [4.69, 9.17) is 5.11 Å². The zero-order valence-corrected chi connectivity index (χ0v) is 8.88. The van der Waals surface area contributed by atoms with Crippen molar-refractivity contribution in [1.82, 2.24) is 0 Å². The van der Waals surface area contributed by atoms with Crippen molar-refractivity contribution in [2.45, 2.75) is 46.0 Å². The number of hydrogen-bond donors (Lipinski definition) is 1. The van der Waals surface area contributed by atoms with Gasteiger partial charge in [0.05, 0.1) is 5.92 Å². The number of Topliss-reactive ketones (excluding diaryl/α,β-unsaturated/α-hetero) is 1. The first kappa shape index (κ1) is 11.2. The van der Waals surface area contributed by atoms with Gasteiger partial charge in [-0.25, -0.2) is 0 Å². The number of carbonyl (C=O) groups is 2. The van der Waals surface area contributed by atoms with Crippen LogP contribution < -0.4 is 0 Å². The lowest BCUT2D eigenvalue weighted by Crippen LogP contribution is -2.34. The van der Waals surface area contributed by atoms with Crippen molar-refractivity contribution in [1.29, 1.82) is 0 Å². The SMILES string of the molecule is CC(CC1(C)CCCCC1=O)C(=O)O. The summed E-state index contributed by atoms with van der Waals surface area (Å²) in [5.41, 5.74) is -0.379. The fourth-order valence-corrected chi connectivity index (χ4v) is 2.22. The predicted molar refractivity (Wildman–Crippen MR) is 53.0 cm³/mol. The molecule has 0 aromatic carbocycles. The van der Waals surface area contributed by atoms with Gasteiger partial charge in [-0.05, 0) is 19.3 Å². The average molecular weight is 198 g/mol. The molecule has 0 amide bonds. The van der Waals surface area contributed by atoms with Crippen LogP contribution in [-0.2, 0) is 9.59 Å². The third kappa shape index (κ3) is 2.34. The van der Waals surface area contributed by atoms with Gasteiger partial charge in [0.1, 0.15) is 5.78 Å². The van der Waals surface area contributed by atoms with Gasteiger partial charge >= 0.3 is 5.97 Å². The van der Waals surface area contributed by atoms with Crippen LogP contribution in [0.1, 0.15) is 46.0 Å². The number of carbonyl (C=O) groups excluding carboxylic acids is 1. The fourth-order valence-electron chi connectivity index (χ4n) is 2.22. The van der Waals surface area contributed by atoms with Gasteiger partial charge in [0.25, 0.3) is 0 Å². The lowest BCUT2D eigenvalue weighted by atomic mass is 9.70. The van der Waals surface area contributed by atoms with Gasteiger partial charge in [0.2, 0.25) is 0 Å². The summed E-state index contributed by atoms with van der Waals surface area (Å²) in [7, 11) is 0. The summed E-state index contributed by atoms with van der Waals surface area (Å²) >= 11 is 0. The molecule has 2 unspecified atom stereocenters. The van der Waals surface area contributed by atoms with Gasteiger partial charge in [-0.3, -0.25) is 9.59 Å². The van der Waals surface area contributed by atoms with Crippen molar-refractivity contribution in [2.24, 2.45) is 11.3 Å². The van der Waals surface area contributed by atoms with Gasteiger partial charge in [-0.1, -0.05) is 20.3 Å². The average Bonchev–Trinajstić information content (AvgIpc) is 2.10. The first-order valence-corrected chi connectivity index (χ1v) is 5.22. The quantitative estimate of drug-likeness (QED) is 0.756. The number of ketones is 1. The minimum atomic E-state index is -0.801. The molecule has 0 bridgehead atoms. The molecule has 0 saturated heterocycles. The predicted octanol–water partition coefficient (Wildman–Crippen LogP) is 2.25. The lowest BCUT2D eigenvalue weighted by molar-refractivity contribution is -0.143. The van der Waals surface area contributed by atoms with Crippen LogP contribution >= 0.6 is 0 Å². The summed E-state index contributed by atoms with van der Waals surface area (Å²) in [4.78, 5) is 22.4. The Balaban J connectivity index is 2.64. The highest BCUT2D eigenvalue weighted by atomic mass is 16.4. The Morgan fingerprint density at radius 1 is 1.57 bits per heavy atom. The molecule has 14 heavy (non-hydrogen) atoms. The summed E-state index contributed by atoms with van der Waals surface area (Å²) in [5, 5.41) is 8.80. The highest BCUT2D eigenvalue weighted by Gasteiger charge is 2.37. The molecular formula is C11H18O3. The number of carboxylic acid groups (broad SMARTS) is 1. The summed E-state index contributed by atoms with van der Waals surface area (Å²) in [6.45, 7) is 3.59. The minimum Gasteiger partial charge on any atom is -0.481 e. The molecule has 0 spiro atoms. The van der Waals surface area contributed by atoms with Crippen molar-refractivity contribution < 1.29 is 14.7 Å². The van der Waals surface area contributed by atoms with Crippen LogP contribution in [0.2, 0.25) is 0 Å². The third-order valence-electron chi connectivity index (χ3n) is 3.23. The van der Waals surface area contributed by atoms with E-state index in [9.17, 15) is 9.59 Å². The van der Waals surface area contributed by atoms with E-state index in [0.29, 0.717) is 12.8 Å². The van der Waals surface area contributed by atoms with E-state index < -0.39 is 11.9 Å².